The van der Waals surface area contributed by atoms with Crippen LogP contribution in [0.5, 0.6) is 0 Å². The number of thioether (sulfide) groups is 1. The number of nitrogens with two attached hydrogens (primary N) is 1. The summed E-state index contributed by atoms with van der Waals surface area (Å²) in [6, 6.07) is 7.27. The van der Waals surface area contributed by atoms with Crippen LogP contribution >= 0.6 is 23.4 Å². The van der Waals surface area contributed by atoms with Crippen LogP contribution in [0.3, 0.4) is 0 Å². The van der Waals surface area contributed by atoms with Gasteiger partial charge in [-0.25, -0.2) is 0 Å². The van der Waals surface area contributed by atoms with E-state index in [0.717, 1.165) is 4.90 Å². The van der Waals surface area contributed by atoms with Gasteiger partial charge in [-0.15, -0.1) is 11.8 Å². The number of carbonyl (C=O) groups is 2. The molecule has 4 nitrogen and oxygen atoms in total. The van der Waals surface area contributed by atoms with E-state index in [1.165, 1.54) is 16.7 Å². The third-order valence-electron chi connectivity index (χ3n) is 2.46. The van der Waals surface area contributed by atoms with Crippen LogP contribution in [0.15, 0.2) is 29.2 Å². The fraction of sp³-hybridized carbons (Fsp3) is 0.385. The maximum Gasteiger partial charge on any atom is 0.237 e. The number of hydrogen-bond acceptors (Lipinski definition) is 3. The molecule has 6 heteroatoms. The average Bonchev–Trinajstić information content (AvgIpc) is 2.34. The van der Waals surface area contributed by atoms with Crippen LogP contribution in [0, 0.1) is 0 Å². The Labute approximate surface area is 122 Å². The zero-order chi connectivity index (χ0) is 14.4. The zero-order valence-electron chi connectivity index (χ0n) is 10.9. The van der Waals surface area contributed by atoms with Crippen molar-refractivity contribution in [3.05, 3.63) is 29.3 Å². The van der Waals surface area contributed by atoms with Gasteiger partial charge in [0.25, 0.3) is 0 Å². The second-order valence-corrected chi connectivity index (χ2v) is 5.73. The van der Waals surface area contributed by atoms with Crippen molar-refractivity contribution in [1.29, 1.82) is 0 Å². The summed E-state index contributed by atoms with van der Waals surface area (Å²) in [5.41, 5.74) is 5.14. The molecule has 0 radical (unpaired) electrons. The molecule has 0 spiro atoms. The molecule has 0 saturated heterocycles. The molecular formula is C13H17ClN2O2S. The summed E-state index contributed by atoms with van der Waals surface area (Å²) >= 11 is 7.37. The summed E-state index contributed by atoms with van der Waals surface area (Å²) in [7, 11) is 0. The highest BCUT2D eigenvalue weighted by atomic mass is 35.5. The molecule has 1 aromatic rings. The van der Waals surface area contributed by atoms with E-state index >= 15 is 0 Å². The monoisotopic (exact) mass is 300 g/mol. The zero-order valence-corrected chi connectivity index (χ0v) is 12.5. The molecule has 0 fully saturated rings. The predicted molar refractivity (Wildman–Crippen MR) is 78.2 cm³/mol. The summed E-state index contributed by atoms with van der Waals surface area (Å²) in [6.45, 7) is 3.64. The second kappa shape index (κ2) is 7.40. The van der Waals surface area contributed by atoms with Crippen molar-refractivity contribution in [2.45, 2.75) is 24.8 Å². The quantitative estimate of drug-likeness (QED) is 0.819. The first kappa shape index (κ1) is 15.9. The van der Waals surface area contributed by atoms with Crippen molar-refractivity contribution in [2.24, 2.45) is 5.73 Å². The maximum absolute atomic E-state index is 12.1. The van der Waals surface area contributed by atoms with E-state index in [1.54, 1.807) is 6.07 Å². The number of halogens is 1. The van der Waals surface area contributed by atoms with Crippen molar-refractivity contribution in [1.82, 2.24) is 4.90 Å². The lowest BCUT2D eigenvalue weighted by molar-refractivity contribution is -0.134. The van der Waals surface area contributed by atoms with Crippen LogP contribution in [0.4, 0.5) is 0 Å². The first-order valence-electron chi connectivity index (χ1n) is 5.87. The molecule has 1 rings (SSSR count). The van der Waals surface area contributed by atoms with E-state index < -0.39 is 5.91 Å². The highest BCUT2D eigenvalue weighted by molar-refractivity contribution is 8.00. The molecule has 19 heavy (non-hydrogen) atoms. The first-order chi connectivity index (χ1) is 8.91. The lowest BCUT2D eigenvalue weighted by atomic mass is 10.3. The molecule has 0 aliphatic heterocycles. The molecular weight excluding hydrogens is 284 g/mol. The summed E-state index contributed by atoms with van der Waals surface area (Å²) in [6.07, 6.45) is 0. The smallest absolute Gasteiger partial charge is 0.237 e. The third-order valence-corrected chi connectivity index (χ3v) is 3.96. The van der Waals surface area contributed by atoms with Crippen LogP contribution < -0.4 is 5.73 Å². The van der Waals surface area contributed by atoms with Gasteiger partial charge in [0.2, 0.25) is 11.8 Å². The number of hydrogen-bond donors (Lipinski definition) is 1. The lowest BCUT2D eigenvalue weighted by Crippen LogP contribution is -2.43. The topological polar surface area (TPSA) is 63.4 Å². The number of amides is 2. The Balaban J connectivity index is 2.63. The summed E-state index contributed by atoms with van der Waals surface area (Å²) in [4.78, 5) is 25.3. The van der Waals surface area contributed by atoms with Crippen molar-refractivity contribution in [3.63, 3.8) is 0 Å². The van der Waals surface area contributed by atoms with Gasteiger partial charge in [-0.05, 0) is 26.0 Å². The number of primary amides is 1. The first-order valence-corrected chi connectivity index (χ1v) is 7.23. The van der Waals surface area contributed by atoms with Gasteiger partial charge in [0, 0.05) is 10.9 Å². The number of nitrogens with zero attached hydrogens (tertiary/aromatic N) is 1. The van der Waals surface area contributed by atoms with Gasteiger partial charge < -0.3 is 10.6 Å². The van der Waals surface area contributed by atoms with Crippen molar-refractivity contribution in [2.75, 3.05) is 12.3 Å². The van der Waals surface area contributed by atoms with Gasteiger partial charge in [0.05, 0.1) is 17.3 Å². The number of benzene rings is 1. The minimum absolute atomic E-state index is 0.0560. The van der Waals surface area contributed by atoms with Crippen molar-refractivity contribution >= 4 is 35.2 Å². The van der Waals surface area contributed by atoms with Crippen LogP contribution in [-0.2, 0) is 9.59 Å². The van der Waals surface area contributed by atoms with Crippen LogP contribution in [0.1, 0.15) is 13.8 Å². The Morgan fingerprint density at radius 2 is 2.00 bits per heavy atom. The van der Waals surface area contributed by atoms with Gasteiger partial charge in [-0.1, -0.05) is 23.7 Å². The molecule has 0 heterocycles. The Morgan fingerprint density at radius 1 is 1.37 bits per heavy atom. The predicted octanol–water partition coefficient (Wildman–Crippen LogP) is 2.15. The molecule has 1 aromatic carbocycles. The van der Waals surface area contributed by atoms with Crippen molar-refractivity contribution in [3.8, 4) is 0 Å². The minimum atomic E-state index is -0.509. The summed E-state index contributed by atoms with van der Waals surface area (Å²) in [5, 5.41) is 0.617. The Bertz CT molecular complexity index is 466. The van der Waals surface area contributed by atoms with Crippen LogP contribution in [-0.4, -0.2) is 35.1 Å². The second-order valence-electron chi connectivity index (χ2n) is 4.30. The molecule has 0 aliphatic rings. The fourth-order valence-electron chi connectivity index (χ4n) is 1.51. The highest BCUT2D eigenvalue weighted by Crippen LogP contribution is 2.26. The average molecular weight is 301 g/mol. The summed E-state index contributed by atoms with van der Waals surface area (Å²) < 4.78 is 0. The van der Waals surface area contributed by atoms with Gasteiger partial charge >= 0.3 is 0 Å². The van der Waals surface area contributed by atoms with E-state index in [-0.39, 0.29) is 24.2 Å². The molecule has 0 bridgehead atoms. The SMILES string of the molecule is CC(C)N(CC(N)=O)C(=O)CSc1ccccc1Cl. The summed E-state index contributed by atoms with van der Waals surface area (Å²) in [5.74, 6) is -0.404. The molecule has 0 atom stereocenters. The molecule has 2 amide bonds. The van der Waals surface area contributed by atoms with Gasteiger partial charge in [-0.3, -0.25) is 9.59 Å². The molecule has 104 valence electrons. The Hall–Kier alpha value is -1.20. The maximum atomic E-state index is 12.1. The lowest BCUT2D eigenvalue weighted by Gasteiger charge is -2.25. The van der Waals surface area contributed by atoms with E-state index in [4.69, 9.17) is 17.3 Å². The normalized spacial score (nSPS) is 10.5. The Kier molecular flexibility index (Phi) is 6.18. The third kappa shape index (κ3) is 5.12. The van der Waals surface area contributed by atoms with Crippen molar-refractivity contribution < 1.29 is 9.59 Å². The highest BCUT2D eigenvalue weighted by Gasteiger charge is 2.19. The minimum Gasteiger partial charge on any atom is -0.368 e. The number of carbonyl (C=O) groups excluding carboxylic acids is 2. The van der Waals surface area contributed by atoms with Crippen LogP contribution in [0.2, 0.25) is 5.02 Å². The van der Waals surface area contributed by atoms with Gasteiger partial charge in [0.15, 0.2) is 0 Å². The molecule has 2 N–H and O–H groups in total. The van der Waals surface area contributed by atoms with E-state index in [9.17, 15) is 9.59 Å². The fourth-order valence-corrected chi connectivity index (χ4v) is 2.64. The molecule has 0 aliphatic carbocycles. The van der Waals surface area contributed by atoms with E-state index in [2.05, 4.69) is 0 Å². The van der Waals surface area contributed by atoms with E-state index in [1.807, 2.05) is 32.0 Å². The number of rotatable bonds is 6. The molecule has 0 saturated carbocycles. The standard InChI is InChI=1S/C13H17ClN2O2S/c1-9(2)16(7-12(15)17)13(18)8-19-11-6-4-3-5-10(11)14/h3-6,9H,7-8H2,1-2H3,(H2,15,17). The largest absolute Gasteiger partial charge is 0.368 e. The van der Waals surface area contributed by atoms with Gasteiger partial charge in [0.1, 0.15) is 0 Å². The van der Waals surface area contributed by atoms with Crippen LogP contribution in [0.25, 0.3) is 0 Å². The Morgan fingerprint density at radius 3 is 2.53 bits per heavy atom. The molecule has 0 aromatic heterocycles. The molecule has 0 unspecified atom stereocenters. The van der Waals surface area contributed by atoms with Gasteiger partial charge in [-0.2, -0.15) is 0 Å². The van der Waals surface area contributed by atoms with E-state index in [0.29, 0.717) is 5.02 Å².